The zero-order valence-corrected chi connectivity index (χ0v) is 61.5. The maximum atomic E-state index is 2.26. The summed E-state index contributed by atoms with van der Waals surface area (Å²) in [7, 11) is 12.6. The summed E-state index contributed by atoms with van der Waals surface area (Å²) in [6.07, 6.45) is 10.7. The molecule has 0 spiro atoms. The third kappa shape index (κ3) is 19.2. The predicted octanol–water partition coefficient (Wildman–Crippen LogP) is 18.3. The maximum Gasteiger partial charge on any atom is 0.215 e. The summed E-state index contributed by atoms with van der Waals surface area (Å²) in [6.45, 7) is 36.6. The van der Waals surface area contributed by atoms with Crippen LogP contribution in [0.2, 0.25) is 0 Å². The van der Waals surface area contributed by atoms with Crippen molar-refractivity contribution in [2.45, 2.75) is 118 Å². The number of rotatable bonds is 6. The lowest BCUT2D eigenvalue weighted by Gasteiger charge is -2.08. The highest BCUT2D eigenvalue weighted by molar-refractivity contribution is 5.67. The molecule has 6 aromatic carbocycles. The highest BCUT2D eigenvalue weighted by Gasteiger charge is 2.19. The molecule has 0 amide bonds. The van der Waals surface area contributed by atoms with E-state index in [1.54, 1.807) is 0 Å². The molecule has 6 nitrogen and oxygen atoms in total. The fourth-order valence-electron chi connectivity index (χ4n) is 12.3. The molecule has 0 aliphatic carbocycles. The van der Waals surface area contributed by atoms with Crippen molar-refractivity contribution in [3.05, 3.63) is 320 Å². The number of aromatic nitrogens is 6. The first-order valence-corrected chi connectivity index (χ1v) is 33.3. The van der Waals surface area contributed by atoms with Crippen LogP contribution in [0.4, 0.5) is 0 Å². The van der Waals surface area contributed by atoms with Crippen molar-refractivity contribution in [3.8, 4) is 67.5 Å². The van der Waals surface area contributed by atoms with E-state index in [1.165, 1.54) is 162 Å². The van der Waals surface area contributed by atoms with Crippen molar-refractivity contribution in [3.63, 3.8) is 0 Å². The van der Waals surface area contributed by atoms with Crippen LogP contribution in [0.5, 0.6) is 0 Å². The molecule has 486 valence electrons. The quantitative estimate of drug-likeness (QED) is 0.148. The van der Waals surface area contributed by atoms with Crippen molar-refractivity contribution >= 4 is 0 Å². The van der Waals surface area contributed by atoms with Gasteiger partial charge in [0.25, 0.3) is 0 Å². The van der Waals surface area contributed by atoms with Gasteiger partial charge < -0.3 is 0 Å². The van der Waals surface area contributed by atoms with Crippen LogP contribution < -0.4 is 27.4 Å². The van der Waals surface area contributed by atoms with Crippen molar-refractivity contribution in [1.82, 2.24) is 0 Å². The highest BCUT2D eigenvalue weighted by Crippen LogP contribution is 2.28. The van der Waals surface area contributed by atoms with E-state index in [1.807, 2.05) is 6.07 Å². The Hall–Kier alpha value is -9.78. The summed E-state index contributed by atoms with van der Waals surface area (Å²) < 4.78 is 13.1. The molecule has 0 bridgehead atoms. The largest absolute Gasteiger partial charge is 0.215 e. The van der Waals surface area contributed by atoms with Gasteiger partial charge in [0.2, 0.25) is 34.2 Å². The average Bonchev–Trinajstić information content (AvgIpc) is 0.880. The van der Waals surface area contributed by atoms with E-state index < -0.39 is 0 Å². The molecule has 95 heavy (non-hydrogen) atoms. The minimum absolute atomic E-state index is 1.26. The van der Waals surface area contributed by atoms with Crippen LogP contribution in [-0.4, -0.2) is 0 Å². The third-order valence-electron chi connectivity index (χ3n) is 18.2. The molecular weight excluding hydrogens is 1150 g/mol. The molecule has 0 unspecified atom stereocenters. The number of hydrogen-bond acceptors (Lipinski definition) is 0. The van der Waals surface area contributed by atoms with Crippen LogP contribution in [0.15, 0.2) is 225 Å². The maximum absolute atomic E-state index is 2.26. The second-order valence-corrected chi connectivity index (χ2v) is 26.3. The Labute approximate surface area is 571 Å². The van der Waals surface area contributed by atoms with Gasteiger partial charge in [0.1, 0.15) is 42.3 Å². The van der Waals surface area contributed by atoms with Gasteiger partial charge in [-0.3, -0.25) is 0 Å². The summed E-state index contributed by atoms with van der Waals surface area (Å²) in [4.78, 5) is 0. The summed E-state index contributed by atoms with van der Waals surface area (Å²) in [5.74, 6) is 0. The van der Waals surface area contributed by atoms with Gasteiger partial charge in [-0.1, -0.05) is 107 Å². The lowest BCUT2D eigenvalue weighted by molar-refractivity contribution is -0.666. The standard InChI is InChI=1S/5C15H18N.C14H16N/c1-11-5-7-14(13(3)9-11)15-8-6-12(2)10-16(15)4;1-11-5-6-14(13(3)9-11)15-10-12(2)7-8-16(15)4;1-11-8-9-14(12(2)10-11)15-7-5-6-13(3)16(15)4;1-11-7-5-6-8-14(11)15-9-12(2)13(3)10-16(15)4;1-11-9-10-16(4)15(13(11)3)14-8-6-5-7-12(14)2;1-11-7-8-13(12(2)10-11)14-6-4-5-9-15(14)3/h5*5-10H,1-4H3;4-10H,1-3H3/q6*+1. The van der Waals surface area contributed by atoms with Gasteiger partial charge >= 0.3 is 0 Å². The summed E-state index contributed by atoms with van der Waals surface area (Å²) in [5, 5.41) is 0. The smallest absolute Gasteiger partial charge is 0.201 e. The van der Waals surface area contributed by atoms with Crippen molar-refractivity contribution in [1.29, 1.82) is 0 Å². The normalized spacial score (nSPS) is 10.5. The molecule has 0 N–H and O–H groups in total. The number of pyridine rings is 6. The molecule has 0 saturated heterocycles. The molecule has 6 aromatic heterocycles. The molecule has 0 atom stereocenters. The summed E-state index contributed by atoms with van der Waals surface area (Å²) >= 11 is 0. The Morgan fingerprint density at radius 2 is 0.611 bits per heavy atom. The van der Waals surface area contributed by atoms with Gasteiger partial charge in [0.05, 0.1) is 0 Å². The topological polar surface area (TPSA) is 23.3 Å². The number of hydrogen-bond donors (Lipinski definition) is 0. The molecular formula is C89H106N6+6. The molecule has 6 heteroatoms. The van der Waals surface area contributed by atoms with E-state index in [0.717, 1.165) is 0 Å². The van der Waals surface area contributed by atoms with Gasteiger partial charge in [-0.15, -0.1) is 0 Å². The Morgan fingerprint density at radius 1 is 0.211 bits per heavy atom. The van der Waals surface area contributed by atoms with Gasteiger partial charge in [-0.2, -0.15) is 4.57 Å². The van der Waals surface area contributed by atoms with Gasteiger partial charge in [-0.05, 0) is 215 Å². The Balaban J connectivity index is 0.000000161. The van der Waals surface area contributed by atoms with E-state index in [4.69, 9.17) is 0 Å². The first kappa shape index (κ1) is 72.6. The lowest BCUT2D eigenvalue weighted by Crippen LogP contribution is -2.34. The molecule has 12 aromatic rings. The van der Waals surface area contributed by atoms with E-state index in [0.29, 0.717) is 0 Å². The molecule has 12 rings (SSSR count). The minimum Gasteiger partial charge on any atom is -0.201 e. The Kier molecular flexibility index (Phi) is 25.5. The van der Waals surface area contributed by atoms with E-state index in [-0.39, 0.29) is 0 Å². The van der Waals surface area contributed by atoms with Gasteiger partial charge in [0.15, 0.2) is 36.7 Å². The number of nitrogens with zero attached hydrogens (tertiary/aromatic N) is 6. The second-order valence-electron chi connectivity index (χ2n) is 26.3. The zero-order chi connectivity index (χ0) is 69.4. The van der Waals surface area contributed by atoms with E-state index >= 15 is 0 Å². The van der Waals surface area contributed by atoms with Crippen molar-refractivity contribution in [2.24, 2.45) is 42.3 Å². The summed E-state index contributed by atoms with van der Waals surface area (Å²) in [5.41, 5.74) is 38.1. The fraction of sp³-hybridized carbons (Fsp3) is 0.258. The number of benzene rings is 6. The SMILES string of the molecule is Cc1cc(-c2ccccc2C)[n+](C)cc1C.Cc1ccc(-c2cc(C)cc[n+]2C)c(C)c1.Cc1ccc(-c2ccc(C)c[n+]2C)c(C)c1.Cc1ccc(-c2cccc(C)[n+]2C)c(C)c1.Cc1ccc(-c2cccc[n+]2C)c(C)c1.Cc1ccccc1-c1c(C)c(C)cc[n+]1C. The summed E-state index contributed by atoms with van der Waals surface area (Å²) in [6, 6.07) is 69.3. The van der Waals surface area contributed by atoms with Gasteiger partial charge in [0, 0.05) is 112 Å². The Morgan fingerprint density at radius 3 is 1.12 bits per heavy atom. The van der Waals surface area contributed by atoms with Gasteiger partial charge in [-0.25, -0.2) is 22.8 Å². The van der Waals surface area contributed by atoms with E-state index in [9.17, 15) is 0 Å². The molecule has 0 radical (unpaired) electrons. The fourth-order valence-corrected chi connectivity index (χ4v) is 12.3. The van der Waals surface area contributed by atoms with Crippen LogP contribution in [0.1, 0.15) is 94.7 Å². The van der Waals surface area contributed by atoms with Crippen LogP contribution in [0.3, 0.4) is 0 Å². The van der Waals surface area contributed by atoms with Crippen molar-refractivity contribution in [2.75, 3.05) is 0 Å². The zero-order valence-electron chi connectivity index (χ0n) is 61.5. The minimum atomic E-state index is 1.26. The molecule has 0 aliphatic rings. The monoisotopic (exact) mass is 1260 g/mol. The number of aryl methyl sites for hydroxylation is 21. The average molecular weight is 1260 g/mol. The molecule has 6 heterocycles. The highest BCUT2D eigenvalue weighted by atomic mass is 15.0. The van der Waals surface area contributed by atoms with Crippen LogP contribution in [0, 0.1) is 118 Å². The van der Waals surface area contributed by atoms with Crippen molar-refractivity contribution < 1.29 is 27.4 Å². The second kappa shape index (κ2) is 33.4. The molecule has 0 fully saturated rings. The first-order chi connectivity index (χ1) is 45.1. The van der Waals surface area contributed by atoms with E-state index in [2.05, 4.69) is 406 Å². The molecule has 0 aliphatic heterocycles. The van der Waals surface area contributed by atoms with Crippen LogP contribution >= 0.6 is 0 Å². The third-order valence-corrected chi connectivity index (χ3v) is 18.2. The molecule has 0 saturated carbocycles. The predicted molar refractivity (Wildman–Crippen MR) is 399 cm³/mol. The van der Waals surface area contributed by atoms with Crippen LogP contribution in [0.25, 0.3) is 67.5 Å². The Bertz CT molecular complexity index is 4540. The lowest BCUT2D eigenvalue weighted by atomic mass is 9.99. The van der Waals surface area contributed by atoms with Crippen LogP contribution in [-0.2, 0) is 42.3 Å². The first-order valence-electron chi connectivity index (χ1n) is 33.3.